The molecule has 3 N–H and O–H groups in total. The molecule has 178 valence electrons. The fourth-order valence-electron chi connectivity index (χ4n) is 3.19. The van der Waals surface area contributed by atoms with Crippen molar-refractivity contribution in [1.29, 1.82) is 0 Å². The summed E-state index contributed by atoms with van der Waals surface area (Å²) in [4.78, 5) is 19.2. The Morgan fingerprint density at radius 1 is 1.41 bits per heavy atom. The zero-order valence-corrected chi connectivity index (χ0v) is 20.5. The highest BCUT2D eigenvalue weighted by Gasteiger charge is 2.24. The molecule has 9 nitrogen and oxygen atoms in total. The van der Waals surface area contributed by atoms with Crippen molar-refractivity contribution >= 4 is 39.6 Å². The number of hydrogen-bond donors (Lipinski definition) is 2. The van der Waals surface area contributed by atoms with Crippen molar-refractivity contribution < 1.29 is 14.2 Å². The van der Waals surface area contributed by atoms with Gasteiger partial charge in [0.2, 0.25) is 5.82 Å². The van der Waals surface area contributed by atoms with E-state index < -0.39 is 18.0 Å². The van der Waals surface area contributed by atoms with Crippen LogP contribution in [0.5, 0.6) is 5.75 Å². The van der Waals surface area contributed by atoms with Crippen LogP contribution in [0.25, 0.3) is 5.69 Å². The molecular weight excluding hydrogens is 531 g/mol. The maximum atomic E-state index is 14.3. The van der Waals surface area contributed by atoms with E-state index in [0.717, 1.165) is 0 Å². The maximum absolute atomic E-state index is 14.3. The third-order valence-corrected chi connectivity index (χ3v) is 5.38. The van der Waals surface area contributed by atoms with Gasteiger partial charge >= 0.3 is 0 Å². The summed E-state index contributed by atoms with van der Waals surface area (Å²) in [6.07, 6.45) is 2.12. The molecule has 0 radical (unpaired) electrons. The van der Waals surface area contributed by atoms with Gasteiger partial charge in [0.25, 0.3) is 0 Å². The smallest absolute Gasteiger partial charge is 0.239 e. The lowest BCUT2D eigenvalue weighted by Crippen LogP contribution is -2.15. The first-order chi connectivity index (χ1) is 16.3. The second kappa shape index (κ2) is 11.3. The molecule has 0 fully saturated rings. The molecule has 2 atom stereocenters. The highest BCUT2D eigenvalue weighted by atomic mass is 79.9. The average Bonchev–Trinajstić information content (AvgIpc) is 3.20. The molecule has 0 spiro atoms. The largest absolute Gasteiger partial charge is 0.482 e. The Morgan fingerprint density at radius 2 is 2.18 bits per heavy atom. The zero-order valence-electron chi connectivity index (χ0n) is 18.2. The molecule has 12 heteroatoms. The van der Waals surface area contributed by atoms with Gasteiger partial charge in [-0.15, -0.1) is 4.91 Å². The summed E-state index contributed by atoms with van der Waals surface area (Å²) in [6.45, 7) is 4.01. The molecule has 34 heavy (non-hydrogen) atoms. The van der Waals surface area contributed by atoms with Gasteiger partial charge in [0.15, 0.2) is 10.9 Å². The van der Waals surface area contributed by atoms with Crippen molar-refractivity contribution in [3.8, 4) is 11.4 Å². The fraction of sp³-hybridized carbons (Fsp3) is 0.227. The van der Waals surface area contributed by atoms with E-state index in [1.165, 1.54) is 53.6 Å². The van der Waals surface area contributed by atoms with Crippen LogP contribution < -0.4 is 10.5 Å². The van der Waals surface area contributed by atoms with Gasteiger partial charge in [-0.25, -0.2) is 14.1 Å². The molecule has 2 heterocycles. The Balaban J connectivity index is 2.08. The van der Waals surface area contributed by atoms with E-state index in [-0.39, 0.29) is 22.4 Å². The van der Waals surface area contributed by atoms with E-state index in [1.807, 2.05) is 6.92 Å². The molecule has 0 aliphatic rings. The number of benzene rings is 1. The van der Waals surface area contributed by atoms with E-state index in [2.05, 4.69) is 36.2 Å². The van der Waals surface area contributed by atoms with E-state index in [1.54, 1.807) is 6.92 Å². The minimum atomic E-state index is -1.21. The predicted molar refractivity (Wildman–Crippen MR) is 131 cm³/mol. The third-order valence-electron chi connectivity index (χ3n) is 4.76. The molecule has 2 unspecified atom stereocenters. The molecular formula is C22H21BrClFN6O3. The van der Waals surface area contributed by atoms with Crippen molar-refractivity contribution in [1.82, 2.24) is 14.8 Å². The van der Waals surface area contributed by atoms with Gasteiger partial charge in [-0.05, 0) is 59.2 Å². The number of nitrogens with two attached hydrogens (primary N) is 1. The van der Waals surface area contributed by atoms with Gasteiger partial charge in [0, 0.05) is 46.8 Å². The predicted octanol–water partition coefficient (Wildman–Crippen LogP) is 5.33. The van der Waals surface area contributed by atoms with Crippen LogP contribution in [0.15, 0.2) is 62.9 Å². The number of aliphatic hydroxyl groups is 1. The van der Waals surface area contributed by atoms with Gasteiger partial charge in [-0.2, -0.15) is 5.10 Å². The summed E-state index contributed by atoms with van der Waals surface area (Å²) in [5, 5.41) is 18.2. The van der Waals surface area contributed by atoms with Crippen LogP contribution in [0.3, 0.4) is 0 Å². The Morgan fingerprint density at radius 3 is 2.85 bits per heavy atom. The lowest BCUT2D eigenvalue weighted by molar-refractivity contribution is 0.212. The van der Waals surface area contributed by atoms with Crippen molar-refractivity contribution in [2.24, 2.45) is 15.9 Å². The van der Waals surface area contributed by atoms with Gasteiger partial charge in [-0.3, -0.25) is 4.99 Å². The van der Waals surface area contributed by atoms with E-state index in [4.69, 9.17) is 22.1 Å². The first kappa shape index (κ1) is 25.5. The van der Waals surface area contributed by atoms with Crippen LogP contribution in [0.4, 0.5) is 10.2 Å². The number of aliphatic hydroxyl groups excluding tert-OH is 1. The van der Waals surface area contributed by atoms with Crippen molar-refractivity contribution in [2.75, 3.05) is 6.54 Å². The molecule has 1 aromatic carbocycles. The maximum Gasteiger partial charge on any atom is 0.239 e. The first-order valence-corrected chi connectivity index (χ1v) is 11.3. The summed E-state index contributed by atoms with van der Waals surface area (Å²) >= 11 is 9.44. The Labute approximate surface area is 208 Å². The van der Waals surface area contributed by atoms with E-state index in [0.29, 0.717) is 27.8 Å². The average molecular weight is 552 g/mol. The monoisotopic (exact) mass is 550 g/mol. The summed E-state index contributed by atoms with van der Waals surface area (Å²) < 4.78 is 22.1. The number of ether oxygens (including phenoxy) is 1. The van der Waals surface area contributed by atoms with Gasteiger partial charge < -0.3 is 15.6 Å². The van der Waals surface area contributed by atoms with Crippen LogP contribution in [0.1, 0.15) is 37.3 Å². The molecule has 2 aromatic heterocycles. The molecule has 3 rings (SSSR count). The second-order valence-corrected chi connectivity index (χ2v) is 8.33. The molecule has 0 saturated carbocycles. The number of aliphatic imine (C=N–C) groups is 1. The van der Waals surface area contributed by atoms with E-state index >= 15 is 0 Å². The van der Waals surface area contributed by atoms with Gasteiger partial charge in [0.1, 0.15) is 18.0 Å². The summed E-state index contributed by atoms with van der Waals surface area (Å²) in [7, 11) is 0. The zero-order chi connectivity index (χ0) is 24.8. The quantitative estimate of drug-likeness (QED) is 0.273. The highest BCUT2D eigenvalue weighted by molar-refractivity contribution is 9.10. The number of halogens is 3. The third kappa shape index (κ3) is 5.66. The lowest BCUT2D eigenvalue weighted by Gasteiger charge is -2.21. The summed E-state index contributed by atoms with van der Waals surface area (Å²) in [5.74, 6) is -0.567. The molecule has 3 aromatic rings. The van der Waals surface area contributed by atoms with Crippen LogP contribution in [0.2, 0.25) is 5.15 Å². The normalized spacial score (nSPS) is 13.8. The number of pyridine rings is 1. The van der Waals surface area contributed by atoms with Crippen LogP contribution in [-0.2, 0) is 0 Å². The Hall–Kier alpha value is -3.15. The lowest BCUT2D eigenvalue weighted by atomic mass is 10.1. The molecule has 0 aliphatic heterocycles. The van der Waals surface area contributed by atoms with Crippen molar-refractivity contribution in [3.63, 3.8) is 0 Å². The Kier molecular flexibility index (Phi) is 8.48. The number of rotatable bonds is 9. The fourth-order valence-corrected chi connectivity index (χ4v) is 3.69. The minimum absolute atomic E-state index is 0.102. The summed E-state index contributed by atoms with van der Waals surface area (Å²) in [5.41, 5.74) is 7.05. The number of nitrogens with zero attached hydrogens (tertiary/aromatic N) is 5. The molecule has 0 amide bonds. The SMILES string of the molecule is CCN=CC(=CN)C(O)c1cc(Cl)nn1-c1ccc(F)cc1C(C)Oc1cc(Br)cnc1N=O. The molecule has 0 aliphatic carbocycles. The van der Waals surface area contributed by atoms with Crippen molar-refractivity contribution in [3.05, 3.63) is 79.9 Å². The molecule has 0 saturated heterocycles. The topological polar surface area (TPSA) is 128 Å². The first-order valence-electron chi connectivity index (χ1n) is 10.1. The second-order valence-electron chi connectivity index (χ2n) is 7.03. The number of aromatic nitrogens is 3. The van der Waals surface area contributed by atoms with E-state index in [9.17, 15) is 14.4 Å². The van der Waals surface area contributed by atoms with Gasteiger partial charge in [0.05, 0.1) is 11.4 Å². The van der Waals surface area contributed by atoms with Crippen LogP contribution >= 0.6 is 27.5 Å². The van der Waals surface area contributed by atoms with Crippen molar-refractivity contribution in [2.45, 2.75) is 26.1 Å². The van der Waals surface area contributed by atoms with Crippen LogP contribution in [-0.4, -0.2) is 32.6 Å². The Bertz CT molecular complexity index is 1250. The summed E-state index contributed by atoms with van der Waals surface area (Å²) in [6, 6.07) is 7.00. The number of nitroso groups, excluding NO2 is 1. The minimum Gasteiger partial charge on any atom is -0.482 e. The van der Waals surface area contributed by atoms with Gasteiger partial charge in [-0.1, -0.05) is 11.6 Å². The highest BCUT2D eigenvalue weighted by Crippen LogP contribution is 2.35. The number of hydrogen-bond acceptors (Lipinski definition) is 8. The molecule has 0 bridgehead atoms. The standard InChI is InChI=1S/C22H21BrClFN6O3/c1-3-27-10-13(9-26)21(32)18-8-20(24)29-31(18)17-5-4-15(25)7-16(17)12(2)34-19-6-14(23)11-28-22(19)30-33/h4-12,21,32H,3,26H2,1-2H3. The van der Waals surface area contributed by atoms with Crippen LogP contribution in [0, 0.1) is 10.7 Å².